The van der Waals surface area contributed by atoms with Crippen LogP contribution in [0.4, 0.5) is 5.69 Å². The lowest BCUT2D eigenvalue weighted by molar-refractivity contribution is 0.276. The number of pyridine rings is 2. The summed E-state index contributed by atoms with van der Waals surface area (Å²) in [6.07, 6.45) is 5.22. The normalized spacial score (nSPS) is 12.2. The lowest BCUT2D eigenvalue weighted by atomic mass is 10.1. The summed E-state index contributed by atoms with van der Waals surface area (Å²) >= 11 is 0. The monoisotopic (exact) mass is 331 g/mol. The molecule has 6 nitrogen and oxygen atoms in total. The minimum absolute atomic E-state index is 0.00648. The molecule has 0 saturated carbocycles. The van der Waals surface area contributed by atoms with Gasteiger partial charge in [-0.2, -0.15) is 5.10 Å². The van der Waals surface area contributed by atoms with E-state index in [0.717, 1.165) is 33.5 Å². The molecule has 0 fully saturated rings. The Bertz CT molecular complexity index is 983. The fourth-order valence-corrected chi connectivity index (χ4v) is 2.77. The molecule has 0 radical (unpaired) electrons. The van der Waals surface area contributed by atoms with E-state index in [1.165, 1.54) is 0 Å². The summed E-state index contributed by atoms with van der Waals surface area (Å²) in [6.45, 7) is -0.00648. The Kier molecular flexibility index (Phi) is 4.10. The van der Waals surface area contributed by atoms with Gasteiger partial charge in [-0.15, -0.1) is 0 Å². The molecule has 0 aliphatic heterocycles. The molecule has 124 valence electrons. The predicted octanol–water partition coefficient (Wildman–Crippen LogP) is 3.17. The fraction of sp³-hybridized carbons (Fsp3) is 0.105. The molecule has 3 heterocycles. The zero-order valence-corrected chi connectivity index (χ0v) is 13.4. The highest BCUT2D eigenvalue weighted by Crippen LogP contribution is 2.24. The molecule has 0 spiro atoms. The summed E-state index contributed by atoms with van der Waals surface area (Å²) in [5, 5.41) is 19.9. The van der Waals surface area contributed by atoms with Gasteiger partial charge in [0.2, 0.25) is 0 Å². The molecule has 3 N–H and O–H groups in total. The third-order valence-electron chi connectivity index (χ3n) is 4.06. The third kappa shape index (κ3) is 3.20. The van der Waals surface area contributed by atoms with Crippen LogP contribution in [0.3, 0.4) is 0 Å². The van der Waals surface area contributed by atoms with Crippen molar-refractivity contribution in [3.05, 3.63) is 72.7 Å². The number of aliphatic hydroxyl groups excluding tert-OH is 1. The molecule has 1 atom stereocenters. The van der Waals surface area contributed by atoms with E-state index < -0.39 is 0 Å². The van der Waals surface area contributed by atoms with E-state index >= 15 is 0 Å². The first-order chi connectivity index (χ1) is 12.3. The number of hydrogen-bond donors (Lipinski definition) is 3. The van der Waals surface area contributed by atoms with Gasteiger partial charge in [0, 0.05) is 18.0 Å². The van der Waals surface area contributed by atoms with Crippen molar-refractivity contribution in [3.8, 4) is 11.3 Å². The van der Waals surface area contributed by atoms with Gasteiger partial charge in [0.1, 0.15) is 5.52 Å². The first-order valence-corrected chi connectivity index (χ1v) is 8.01. The van der Waals surface area contributed by atoms with Crippen LogP contribution in [-0.4, -0.2) is 31.9 Å². The third-order valence-corrected chi connectivity index (χ3v) is 4.06. The van der Waals surface area contributed by atoms with Crippen molar-refractivity contribution < 1.29 is 5.11 Å². The topological polar surface area (TPSA) is 86.7 Å². The Balaban J connectivity index is 1.62. The van der Waals surface area contributed by atoms with E-state index in [1.807, 2.05) is 48.5 Å². The van der Waals surface area contributed by atoms with Gasteiger partial charge in [0.15, 0.2) is 0 Å². The smallest absolute Gasteiger partial charge is 0.109 e. The number of nitrogens with zero attached hydrogens (tertiary/aromatic N) is 3. The molecule has 0 unspecified atom stereocenters. The van der Waals surface area contributed by atoms with Crippen molar-refractivity contribution in [1.29, 1.82) is 0 Å². The minimum Gasteiger partial charge on any atom is -0.394 e. The van der Waals surface area contributed by atoms with Crippen LogP contribution in [0.25, 0.3) is 22.3 Å². The van der Waals surface area contributed by atoms with E-state index in [4.69, 9.17) is 0 Å². The number of nitrogens with one attached hydrogen (secondary N) is 2. The zero-order valence-electron chi connectivity index (χ0n) is 13.4. The molecular weight excluding hydrogens is 314 g/mol. The van der Waals surface area contributed by atoms with E-state index in [1.54, 1.807) is 18.6 Å². The van der Waals surface area contributed by atoms with Gasteiger partial charge in [0.05, 0.1) is 35.7 Å². The molecule has 1 aromatic carbocycles. The summed E-state index contributed by atoms with van der Waals surface area (Å²) in [6, 6.07) is 15.5. The van der Waals surface area contributed by atoms with Crippen LogP contribution in [0, 0.1) is 0 Å². The number of aliphatic hydroxyl groups is 1. The standard InChI is InChI=1S/C19H17N5O/c25-12-19(13-4-2-1-3-5-13)22-15-8-14(9-20-10-15)16-6-7-17-18(23-16)11-21-24-17/h1-11,19,22,25H,12H2,(H,21,24)/t19-/m0/s1. The quantitative estimate of drug-likeness (QED) is 0.523. The number of hydrogen-bond acceptors (Lipinski definition) is 5. The van der Waals surface area contributed by atoms with Gasteiger partial charge in [-0.3, -0.25) is 10.1 Å². The lowest BCUT2D eigenvalue weighted by Crippen LogP contribution is -2.14. The molecule has 25 heavy (non-hydrogen) atoms. The van der Waals surface area contributed by atoms with Crippen LogP contribution in [0.2, 0.25) is 0 Å². The zero-order chi connectivity index (χ0) is 17.1. The molecular formula is C19H17N5O. The molecule has 0 bridgehead atoms. The van der Waals surface area contributed by atoms with Gasteiger partial charge in [0.25, 0.3) is 0 Å². The van der Waals surface area contributed by atoms with Crippen molar-refractivity contribution in [2.75, 3.05) is 11.9 Å². The van der Waals surface area contributed by atoms with Crippen LogP contribution in [-0.2, 0) is 0 Å². The summed E-state index contributed by atoms with van der Waals surface area (Å²) < 4.78 is 0. The fourth-order valence-electron chi connectivity index (χ4n) is 2.77. The second-order valence-electron chi connectivity index (χ2n) is 5.75. The number of aromatic nitrogens is 4. The minimum atomic E-state index is -0.192. The molecule has 0 amide bonds. The van der Waals surface area contributed by atoms with E-state index in [2.05, 4.69) is 25.5 Å². The van der Waals surface area contributed by atoms with Crippen molar-refractivity contribution in [2.24, 2.45) is 0 Å². The van der Waals surface area contributed by atoms with Crippen molar-refractivity contribution in [1.82, 2.24) is 20.2 Å². The molecule has 0 aliphatic carbocycles. The summed E-state index contributed by atoms with van der Waals surface area (Å²) in [4.78, 5) is 8.90. The Hall–Kier alpha value is -3.25. The Morgan fingerprint density at radius 2 is 1.92 bits per heavy atom. The van der Waals surface area contributed by atoms with Gasteiger partial charge in [-0.25, -0.2) is 4.98 Å². The molecule has 4 rings (SSSR count). The van der Waals surface area contributed by atoms with Gasteiger partial charge < -0.3 is 10.4 Å². The molecule has 0 saturated heterocycles. The van der Waals surface area contributed by atoms with Crippen LogP contribution < -0.4 is 5.32 Å². The van der Waals surface area contributed by atoms with Crippen molar-refractivity contribution in [2.45, 2.75) is 6.04 Å². The molecule has 6 heteroatoms. The first-order valence-electron chi connectivity index (χ1n) is 8.01. The number of fused-ring (bicyclic) bond motifs is 1. The summed E-state index contributed by atoms with van der Waals surface area (Å²) in [7, 11) is 0. The van der Waals surface area contributed by atoms with E-state index in [-0.39, 0.29) is 12.6 Å². The Labute approximate surface area is 144 Å². The number of anilines is 1. The van der Waals surface area contributed by atoms with Crippen molar-refractivity contribution >= 4 is 16.7 Å². The van der Waals surface area contributed by atoms with E-state index in [9.17, 15) is 5.11 Å². The first kappa shape index (κ1) is 15.3. The Morgan fingerprint density at radius 3 is 2.76 bits per heavy atom. The molecule has 4 aromatic rings. The summed E-state index contributed by atoms with van der Waals surface area (Å²) in [5.41, 5.74) is 5.29. The van der Waals surface area contributed by atoms with Gasteiger partial charge in [-0.05, 0) is 23.8 Å². The largest absolute Gasteiger partial charge is 0.394 e. The van der Waals surface area contributed by atoms with Crippen molar-refractivity contribution in [3.63, 3.8) is 0 Å². The maximum Gasteiger partial charge on any atom is 0.109 e. The van der Waals surface area contributed by atoms with Crippen LogP contribution >= 0.6 is 0 Å². The maximum atomic E-state index is 9.72. The Morgan fingerprint density at radius 1 is 1.04 bits per heavy atom. The SMILES string of the molecule is OC[C@H](Nc1cncc(-c2ccc3[nH]ncc3n2)c1)c1ccccc1. The van der Waals surface area contributed by atoms with E-state index in [0.29, 0.717) is 0 Å². The number of benzene rings is 1. The molecule has 3 aromatic heterocycles. The number of aromatic amines is 1. The predicted molar refractivity (Wildman–Crippen MR) is 97.0 cm³/mol. The van der Waals surface area contributed by atoms with Crippen LogP contribution in [0.5, 0.6) is 0 Å². The highest BCUT2D eigenvalue weighted by Gasteiger charge is 2.11. The van der Waals surface area contributed by atoms with Gasteiger partial charge >= 0.3 is 0 Å². The second kappa shape index (κ2) is 6.70. The highest BCUT2D eigenvalue weighted by molar-refractivity contribution is 5.77. The van der Waals surface area contributed by atoms with Crippen LogP contribution in [0.1, 0.15) is 11.6 Å². The average Bonchev–Trinajstić information content (AvgIpc) is 3.15. The average molecular weight is 331 g/mol. The maximum absolute atomic E-state index is 9.72. The highest BCUT2D eigenvalue weighted by atomic mass is 16.3. The number of H-pyrrole nitrogens is 1. The molecule has 0 aliphatic rings. The number of rotatable bonds is 5. The summed E-state index contributed by atoms with van der Waals surface area (Å²) in [5.74, 6) is 0. The second-order valence-corrected chi connectivity index (χ2v) is 5.75. The van der Waals surface area contributed by atoms with Crippen LogP contribution in [0.15, 0.2) is 67.1 Å². The van der Waals surface area contributed by atoms with Gasteiger partial charge in [-0.1, -0.05) is 30.3 Å². The lowest BCUT2D eigenvalue weighted by Gasteiger charge is -2.18.